The van der Waals surface area contributed by atoms with Crippen LogP contribution >= 0.6 is 11.3 Å². The number of nitrogens with zero attached hydrogens (tertiary/aromatic N) is 2. The van der Waals surface area contributed by atoms with Crippen molar-refractivity contribution in [2.24, 2.45) is 0 Å². The Morgan fingerprint density at radius 3 is 2.84 bits per heavy atom. The Morgan fingerprint density at radius 2 is 2.21 bits per heavy atom. The van der Waals surface area contributed by atoms with Crippen LogP contribution in [0.3, 0.4) is 0 Å². The van der Waals surface area contributed by atoms with E-state index >= 15 is 0 Å². The summed E-state index contributed by atoms with van der Waals surface area (Å²) in [4.78, 5) is 4.11. The van der Waals surface area contributed by atoms with Gasteiger partial charge in [0, 0.05) is 31.9 Å². The maximum Gasteiger partial charge on any atom is 0.279 e. The van der Waals surface area contributed by atoms with E-state index in [-0.39, 0.29) is 0 Å². The molecule has 0 saturated heterocycles. The normalized spacial score (nSPS) is 12.2. The molecule has 110 valence electrons. The molecule has 0 spiro atoms. The Labute approximate surface area is 119 Å². The smallest absolute Gasteiger partial charge is 0.279 e. The van der Waals surface area contributed by atoms with E-state index < -0.39 is 10.2 Å². The summed E-state index contributed by atoms with van der Waals surface area (Å²) in [5.41, 5.74) is 2.67. The molecule has 1 aromatic heterocycles. The van der Waals surface area contributed by atoms with E-state index in [1.807, 2.05) is 12.3 Å². The molecule has 0 aliphatic heterocycles. The van der Waals surface area contributed by atoms with Gasteiger partial charge in [-0.15, -0.1) is 11.3 Å². The van der Waals surface area contributed by atoms with Crippen LogP contribution in [0.15, 0.2) is 10.9 Å². The number of thiazole rings is 1. The van der Waals surface area contributed by atoms with Crippen LogP contribution in [0.1, 0.15) is 19.0 Å². The molecule has 0 atom stereocenters. The number of nitrogens with one attached hydrogen (secondary N) is 2. The molecular weight excluding hydrogens is 284 g/mol. The van der Waals surface area contributed by atoms with E-state index in [0.717, 1.165) is 25.2 Å². The summed E-state index contributed by atoms with van der Waals surface area (Å²) in [6.45, 7) is 4.65. The highest BCUT2D eigenvalue weighted by atomic mass is 32.2. The highest BCUT2D eigenvalue weighted by molar-refractivity contribution is 7.87. The molecule has 0 aliphatic rings. The van der Waals surface area contributed by atoms with Gasteiger partial charge in [-0.25, -0.2) is 9.71 Å². The third-order valence-electron chi connectivity index (χ3n) is 2.64. The molecule has 8 heteroatoms. The second-order valence-electron chi connectivity index (χ2n) is 4.16. The lowest BCUT2D eigenvalue weighted by molar-refractivity contribution is 0.446. The Bertz CT molecular complexity index is 434. The van der Waals surface area contributed by atoms with Gasteiger partial charge in [-0.05, 0) is 19.5 Å². The van der Waals surface area contributed by atoms with Gasteiger partial charge in [0.15, 0.2) is 0 Å². The number of rotatable bonds is 10. The predicted molar refractivity (Wildman–Crippen MR) is 78.5 cm³/mol. The first-order valence-electron chi connectivity index (χ1n) is 6.35. The molecule has 0 aliphatic carbocycles. The monoisotopic (exact) mass is 306 g/mol. The molecule has 6 nitrogen and oxygen atoms in total. The van der Waals surface area contributed by atoms with E-state index in [1.165, 1.54) is 15.6 Å². The van der Waals surface area contributed by atoms with Crippen molar-refractivity contribution in [2.75, 3.05) is 33.2 Å². The minimum absolute atomic E-state index is 0.379. The quantitative estimate of drug-likeness (QED) is 0.616. The zero-order valence-corrected chi connectivity index (χ0v) is 13.1. The summed E-state index contributed by atoms with van der Waals surface area (Å²) in [6.07, 6.45) is 1.42. The minimum Gasteiger partial charge on any atom is -0.317 e. The van der Waals surface area contributed by atoms with Gasteiger partial charge < -0.3 is 5.32 Å². The van der Waals surface area contributed by atoms with E-state index in [4.69, 9.17) is 0 Å². The van der Waals surface area contributed by atoms with Crippen LogP contribution in [0.2, 0.25) is 0 Å². The van der Waals surface area contributed by atoms with Crippen LogP contribution in [0.4, 0.5) is 0 Å². The minimum atomic E-state index is -3.37. The molecule has 0 aromatic carbocycles. The SMILES string of the molecule is CCNCCCN(C)S(=O)(=O)NCCc1cscn1. The lowest BCUT2D eigenvalue weighted by Gasteiger charge is -2.17. The Balaban J connectivity index is 2.25. The van der Waals surface area contributed by atoms with Crippen molar-refractivity contribution in [3.8, 4) is 0 Å². The first-order chi connectivity index (χ1) is 9.06. The summed E-state index contributed by atoms with van der Waals surface area (Å²) < 4.78 is 27.7. The summed E-state index contributed by atoms with van der Waals surface area (Å²) in [6, 6.07) is 0. The Kier molecular flexibility index (Phi) is 7.47. The summed E-state index contributed by atoms with van der Waals surface area (Å²) >= 11 is 1.51. The molecule has 1 aromatic rings. The average Bonchev–Trinajstić information content (AvgIpc) is 2.87. The zero-order chi connectivity index (χ0) is 14.1. The fourth-order valence-electron chi connectivity index (χ4n) is 1.50. The van der Waals surface area contributed by atoms with E-state index in [1.54, 1.807) is 12.6 Å². The maximum absolute atomic E-state index is 11.9. The molecule has 0 bridgehead atoms. The van der Waals surface area contributed by atoms with Crippen LogP contribution in [-0.4, -0.2) is 50.9 Å². The van der Waals surface area contributed by atoms with E-state index in [0.29, 0.717) is 19.5 Å². The maximum atomic E-state index is 11.9. The summed E-state index contributed by atoms with van der Waals surface area (Å²) in [5.74, 6) is 0. The summed E-state index contributed by atoms with van der Waals surface area (Å²) in [7, 11) is -1.78. The fourth-order valence-corrected chi connectivity index (χ4v) is 3.05. The van der Waals surface area contributed by atoms with Crippen molar-refractivity contribution in [3.63, 3.8) is 0 Å². The van der Waals surface area contributed by atoms with Gasteiger partial charge in [-0.3, -0.25) is 0 Å². The van der Waals surface area contributed by atoms with Gasteiger partial charge in [0.1, 0.15) is 0 Å². The Morgan fingerprint density at radius 1 is 1.42 bits per heavy atom. The molecule has 0 saturated carbocycles. The highest BCUT2D eigenvalue weighted by Gasteiger charge is 2.16. The standard InChI is InChI=1S/C11H22N4O2S2/c1-3-12-6-4-8-15(2)19(16,17)14-7-5-11-9-18-10-13-11/h9-10,12,14H,3-8H2,1-2H3. The van der Waals surface area contributed by atoms with Crippen molar-refractivity contribution >= 4 is 21.5 Å². The van der Waals surface area contributed by atoms with Crippen LogP contribution in [0.5, 0.6) is 0 Å². The van der Waals surface area contributed by atoms with Gasteiger partial charge in [-0.1, -0.05) is 6.92 Å². The summed E-state index contributed by atoms with van der Waals surface area (Å²) in [5, 5.41) is 5.09. The van der Waals surface area contributed by atoms with E-state index in [9.17, 15) is 8.42 Å². The zero-order valence-electron chi connectivity index (χ0n) is 11.4. The molecule has 0 fully saturated rings. The predicted octanol–water partition coefficient (Wildman–Crippen LogP) is 0.451. The fraction of sp³-hybridized carbons (Fsp3) is 0.727. The number of hydrogen-bond donors (Lipinski definition) is 2. The molecule has 1 rings (SSSR count). The van der Waals surface area contributed by atoms with Crippen LogP contribution in [0.25, 0.3) is 0 Å². The number of aromatic nitrogens is 1. The second kappa shape index (κ2) is 8.60. The largest absolute Gasteiger partial charge is 0.317 e. The molecule has 19 heavy (non-hydrogen) atoms. The van der Waals surface area contributed by atoms with Crippen molar-refractivity contribution in [1.82, 2.24) is 19.3 Å². The van der Waals surface area contributed by atoms with Gasteiger partial charge in [0.05, 0.1) is 11.2 Å². The van der Waals surface area contributed by atoms with Crippen molar-refractivity contribution in [3.05, 3.63) is 16.6 Å². The molecule has 0 amide bonds. The van der Waals surface area contributed by atoms with Gasteiger partial charge >= 0.3 is 0 Å². The topological polar surface area (TPSA) is 74.3 Å². The first kappa shape index (κ1) is 16.5. The lowest BCUT2D eigenvalue weighted by atomic mass is 10.3. The van der Waals surface area contributed by atoms with Gasteiger partial charge in [0.2, 0.25) is 0 Å². The molecule has 1 heterocycles. The van der Waals surface area contributed by atoms with Crippen molar-refractivity contribution in [2.45, 2.75) is 19.8 Å². The van der Waals surface area contributed by atoms with Crippen LogP contribution < -0.4 is 10.0 Å². The third kappa shape index (κ3) is 6.44. The first-order valence-corrected chi connectivity index (χ1v) is 8.73. The van der Waals surface area contributed by atoms with Crippen molar-refractivity contribution in [1.29, 1.82) is 0 Å². The van der Waals surface area contributed by atoms with Crippen LogP contribution in [-0.2, 0) is 16.6 Å². The Hall–Kier alpha value is -0.540. The molecule has 0 unspecified atom stereocenters. The van der Waals surface area contributed by atoms with Gasteiger partial charge in [0.25, 0.3) is 10.2 Å². The number of hydrogen-bond acceptors (Lipinski definition) is 5. The highest BCUT2D eigenvalue weighted by Crippen LogP contribution is 2.01. The van der Waals surface area contributed by atoms with Gasteiger partial charge in [-0.2, -0.15) is 12.7 Å². The van der Waals surface area contributed by atoms with Crippen molar-refractivity contribution < 1.29 is 8.42 Å². The molecular formula is C11H22N4O2S2. The average molecular weight is 306 g/mol. The third-order valence-corrected chi connectivity index (χ3v) is 4.84. The second-order valence-corrected chi connectivity index (χ2v) is 6.74. The van der Waals surface area contributed by atoms with Crippen LogP contribution in [0, 0.1) is 0 Å². The molecule has 2 N–H and O–H groups in total. The molecule has 0 radical (unpaired) electrons. The van der Waals surface area contributed by atoms with E-state index in [2.05, 4.69) is 15.0 Å². The lowest BCUT2D eigenvalue weighted by Crippen LogP contribution is -2.40.